The molecule has 2 aliphatic heterocycles. The van der Waals surface area contributed by atoms with Crippen molar-refractivity contribution in [1.29, 1.82) is 0 Å². The third-order valence-corrected chi connectivity index (χ3v) is 10.3. The van der Waals surface area contributed by atoms with Crippen LogP contribution in [-0.2, 0) is 30.3 Å². The highest BCUT2D eigenvalue weighted by Crippen LogP contribution is 2.34. The van der Waals surface area contributed by atoms with Crippen LogP contribution in [0.1, 0.15) is 111 Å². The van der Waals surface area contributed by atoms with Crippen molar-refractivity contribution in [2.24, 2.45) is 11.8 Å². The minimum absolute atomic E-state index is 0.00991. The number of amides is 3. The molecule has 1 aromatic rings. The van der Waals surface area contributed by atoms with Gasteiger partial charge < -0.3 is 19.9 Å². The zero-order chi connectivity index (χ0) is 34.4. The van der Waals surface area contributed by atoms with Crippen LogP contribution in [0.5, 0.6) is 0 Å². The smallest absolute Gasteiger partial charge is 0.329 e. The number of hydrogen-bond acceptors (Lipinski definition) is 6. The molecule has 4 rings (SSSR count). The Kier molecular flexibility index (Phi) is 12.7. The van der Waals surface area contributed by atoms with Gasteiger partial charge in [-0.2, -0.15) is 0 Å². The normalized spacial score (nSPS) is 23.4. The highest BCUT2D eigenvalue weighted by molar-refractivity contribution is 5.96. The van der Waals surface area contributed by atoms with Gasteiger partial charge >= 0.3 is 5.97 Å². The second-order valence-electron chi connectivity index (χ2n) is 14.8. The molecule has 1 aromatic carbocycles. The van der Waals surface area contributed by atoms with Gasteiger partial charge in [0.05, 0.1) is 12.1 Å². The summed E-state index contributed by atoms with van der Waals surface area (Å²) < 4.78 is 6.05. The fraction of sp³-hybridized carbons (Fsp3) is 0.684. The molecule has 2 heterocycles. The van der Waals surface area contributed by atoms with E-state index >= 15 is 0 Å². The van der Waals surface area contributed by atoms with Crippen molar-refractivity contribution < 1.29 is 23.9 Å². The Morgan fingerprint density at radius 1 is 0.894 bits per heavy atom. The summed E-state index contributed by atoms with van der Waals surface area (Å²) in [6.45, 7) is 15.3. The molecule has 260 valence electrons. The Balaban J connectivity index is 1.45. The number of esters is 1. The van der Waals surface area contributed by atoms with Crippen LogP contribution in [0.15, 0.2) is 35.9 Å². The molecule has 0 bridgehead atoms. The summed E-state index contributed by atoms with van der Waals surface area (Å²) in [7, 11) is 1.75. The number of likely N-dealkylation sites (tertiary alicyclic amines) is 2. The lowest BCUT2D eigenvalue weighted by Gasteiger charge is -2.39. The fourth-order valence-electron chi connectivity index (χ4n) is 7.59. The first kappa shape index (κ1) is 36.6. The summed E-state index contributed by atoms with van der Waals surface area (Å²) in [5.41, 5.74) is 2.78. The van der Waals surface area contributed by atoms with E-state index in [1.165, 1.54) is 5.56 Å². The van der Waals surface area contributed by atoms with Crippen LogP contribution < -0.4 is 5.32 Å². The quantitative estimate of drug-likeness (QED) is 0.253. The van der Waals surface area contributed by atoms with E-state index in [0.717, 1.165) is 57.1 Å². The number of aryl methyl sites for hydroxylation is 1. The van der Waals surface area contributed by atoms with E-state index in [1.54, 1.807) is 23.8 Å². The first-order valence-corrected chi connectivity index (χ1v) is 17.9. The molecule has 9 nitrogen and oxygen atoms in total. The summed E-state index contributed by atoms with van der Waals surface area (Å²) >= 11 is 0. The van der Waals surface area contributed by atoms with Gasteiger partial charge in [-0.1, -0.05) is 64.5 Å². The predicted molar refractivity (Wildman–Crippen MR) is 184 cm³/mol. The van der Waals surface area contributed by atoms with Crippen LogP contribution >= 0.6 is 0 Å². The lowest BCUT2D eigenvalue weighted by molar-refractivity contribution is -0.158. The average Bonchev–Trinajstić information content (AvgIpc) is 3.55. The molecule has 2 saturated heterocycles. The summed E-state index contributed by atoms with van der Waals surface area (Å²) in [5, 5.41) is 3.11. The number of carbonyl (C=O) groups excluding carboxylic acids is 4. The minimum atomic E-state index is -0.684. The Hall–Kier alpha value is -3.20. The molecule has 1 aliphatic carbocycles. The minimum Gasteiger partial charge on any atom is -0.456 e. The Morgan fingerprint density at radius 3 is 2.28 bits per heavy atom. The lowest BCUT2D eigenvalue weighted by atomic mass is 9.89. The number of piperidine rings is 1. The molecule has 5 atom stereocenters. The molecule has 9 heteroatoms. The van der Waals surface area contributed by atoms with Gasteiger partial charge in [-0.25, -0.2) is 4.79 Å². The van der Waals surface area contributed by atoms with E-state index in [0.29, 0.717) is 18.5 Å². The number of carbonyl (C=O) groups is 4. The average molecular weight is 651 g/mol. The van der Waals surface area contributed by atoms with Crippen LogP contribution in [0.4, 0.5) is 0 Å². The van der Waals surface area contributed by atoms with Crippen molar-refractivity contribution in [3.63, 3.8) is 0 Å². The van der Waals surface area contributed by atoms with Crippen molar-refractivity contribution in [1.82, 2.24) is 20.0 Å². The zero-order valence-corrected chi connectivity index (χ0v) is 30.0. The van der Waals surface area contributed by atoms with Crippen LogP contribution in [0.25, 0.3) is 0 Å². The number of likely N-dealkylation sites (N-methyl/N-ethyl adjacent to an activating group) is 1. The van der Waals surface area contributed by atoms with E-state index in [2.05, 4.69) is 30.1 Å². The monoisotopic (exact) mass is 650 g/mol. The van der Waals surface area contributed by atoms with E-state index in [9.17, 15) is 19.2 Å². The molecule has 0 aromatic heterocycles. The van der Waals surface area contributed by atoms with Crippen molar-refractivity contribution in [3.05, 3.63) is 47.0 Å². The van der Waals surface area contributed by atoms with Crippen LogP contribution in [-0.4, -0.2) is 88.7 Å². The van der Waals surface area contributed by atoms with Gasteiger partial charge in [0.15, 0.2) is 0 Å². The SMILES string of the molecule is C/C(=C\[C@H](C(C)C)N(C)C(=O)[C@@H](NC(=O)[C@H]1CCCCN1C(C)C)C(C)C)C(=O)N1CCC[C@H]1C(=O)OC1CCCc2ccccc21. The highest BCUT2D eigenvalue weighted by Gasteiger charge is 2.39. The van der Waals surface area contributed by atoms with Gasteiger partial charge in [-0.15, -0.1) is 0 Å². The maximum absolute atomic E-state index is 14.0. The van der Waals surface area contributed by atoms with E-state index in [-0.39, 0.29) is 59.8 Å². The number of nitrogens with zero attached hydrogens (tertiary/aromatic N) is 3. The standard InChI is InChI=1S/C38H58N4O5/c1-24(2)32(40(8)37(45)34(25(3)4)39-35(43)30-18-11-12-21-41(30)26(5)6)23-27(7)36(44)42-22-14-19-31(42)38(46)47-33-20-13-16-28-15-9-10-17-29(28)33/h9-10,15,17,23-26,30-34H,11-14,16,18-22H2,1-8H3,(H,39,43)/b27-23+/t30-,31+,32-,33?,34+/m1/s1. The first-order chi connectivity index (χ1) is 22.3. The maximum atomic E-state index is 14.0. The fourth-order valence-corrected chi connectivity index (χ4v) is 7.59. The van der Waals surface area contributed by atoms with Gasteiger partial charge in [0, 0.05) is 25.2 Å². The molecular weight excluding hydrogens is 592 g/mol. The molecule has 3 amide bonds. The number of hydrogen-bond donors (Lipinski definition) is 1. The second kappa shape index (κ2) is 16.3. The molecule has 2 fully saturated rings. The van der Waals surface area contributed by atoms with E-state index in [4.69, 9.17) is 4.74 Å². The van der Waals surface area contributed by atoms with Crippen molar-refractivity contribution in [3.8, 4) is 0 Å². The highest BCUT2D eigenvalue weighted by atomic mass is 16.5. The second-order valence-corrected chi connectivity index (χ2v) is 14.8. The van der Waals surface area contributed by atoms with Gasteiger partial charge in [0.1, 0.15) is 18.2 Å². The summed E-state index contributed by atoms with van der Waals surface area (Å²) in [6, 6.07) is 6.45. The predicted octanol–water partition coefficient (Wildman–Crippen LogP) is 5.43. The number of fused-ring (bicyclic) bond motifs is 1. The van der Waals surface area contributed by atoms with Crippen LogP contribution in [0, 0.1) is 11.8 Å². The number of nitrogens with one attached hydrogen (secondary N) is 1. The molecule has 1 N–H and O–H groups in total. The number of benzene rings is 1. The topological polar surface area (TPSA) is 99.3 Å². The van der Waals surface area contributed by atoms with Gasteiger partial charge in [-0.05, 0) is 95.2 Å². The van der Waals surface area contributed by atoms with Gasteiger partial charge in [0.25, 0.3) is 0 Å². The van der Waals surface area contributed by atoms with Gasteiger partial charge in [-0.3, -0.25) is 19.3 Å². The number of ether oxygens (including phenoxy) is 1. The third-order valence-electron chi connectivity index (χ3n) is 10.3. The maximum Gasteiger partial charge on any atom is 0.329 e. The summed E-state index contributed by atoms with van der Waals surface area (Å²) in [6.07, 6.45) is 8.47. The molecular formula is C38H58N4O5. The molecule has 0 spiro atoms. The number of rotatable bonds is 11. The Labute approximate surface area is 282 Å². The summed E-state index contributed by atoms with van der Waals surface area (Å²) in [5.74, 6) is -0.925. The van der Waals surface area contributed by atoms with Gasteiger partial charge in [0.2, 0.25) is 17.7 Å². The molecule has 3 aliphatic rings. The van der Waals surface area contributed by atoms with E-state index in [1.807, 2.05) is 52.0 Å². The molecule has 0 radical (unpaired) electrons. The van der Waals surface area contributed by atoms with Crippen molar-refractivity contribution in [2.75, 3.05) is 20.1 Å². The third kappa shape index (κ3) is 8.64. The van der Waals surface area contributed by atoms with Crippen molar-refractivity contribution in [2.45, 2.75) is 136 Å². The molecule has 1 unspecified atom stereocenters. The first-order valence-electron chi connectivity index (χ1n) is 17.9. The largest absolute Gasteiger partial charge is 0.456 e. The molecule has 0 saturated carbocycles. The van der Waals surface area contributed by atoms with Crippen LogP contribution in [0.2, 0.25) is 0 Å². The Morgan fingerprint density at radius 2 is 1.60 bits per heavy atom. The zero-order valence-electron chi connectivity index (χ0n) is 30.0. The lowest BCUT2D eigenvalue weighted by Crippen LogP contribution is -2.58. The van der Waals surface area contributed by atoms with E-state index < -0.39 is 12.1 Å². The van der Waals surface area contributed by atoms with Crippen molar-refractivity contribution >= 4 is 23.7 Å². The molecule has 47 heavy (non-hydrogen) atoms. The Bertz CT molecular complexity index is 1310. The summed E-state index contributed by atoms with van der Waals surface area (Å²) in [4.78, 5) is 60.4. The van der Waals surface area contributed by atoms with Crippen LogP contribution in [0.3, 0.4) is 0 Å².